The number of ether oxygens (including phenoxy) is 1. The number of rotatable bonds is 4. The largest absolute Gasteiger partial charge is 0.439 e. The molecule has 1 aromatic carbocycles. The maximum Gasteiger partial charge on any atom is 0.222 e. The van der Waals surface area contributed by atoms with Crippen LogP contribution in [0.2, 0.25) is 0 Å². The van der Waals surface area contributed by atoms with E-state index < -0.39 is 5.91 Å². The minimum atomic E-state index is -0.407. The predicted octanol–water partition coefficient (Wildman–Crippen LogP) is 1.90. The Morgan fingerprint density at radius 3 is 2.65 bits per heavy atom. The van der Waals surface area contributed by atoms with Gasteiger partial charge in [-0.15, -0.1) is 0 Å². The molecule has 4 nitrogen and oxygen atoms in total. The molecule has 1 amide bonds. The Balaban J connectivity index is 2.23. The fourth-order valence-electron chi connectivity index (χ4n) is 1.44. The summed E-state index contributed by atoms with van der Waals surface area (Å²) in [4.78, 5) is 15.0. The van der Waals surface area contributed by atoms with E-state index in [0.29, 0.717) is 17.2 Å². The summed E-state index contributed by atoms with van der Waals surface area (Å²) in [5, 5.41) is 0. The summed E-state index contributed by atoms with van der Waals surface area (Å²) >= 11 is 0. The molecular formula is C13H12N2O2. The third kappa shape index (κ3) is 3.04. The van der Waals surface area contributed by atoms with Crippen molar-refractivity contribution in [1.29, 1.82) is 0 Å². The van der Waals surface area contributed by atoms with Crippen LogP contribution in [-0.2, 0) is 11.2 Å². The van der Waals surface area contributed by atoms with Crippen molar-refractivity contribution >= 4 is 5.91 Å². The minimum absolute atomic E-state index is 0.121. The Hall–Kier alpha value is -2.36. The van der Waals surface area contributed by atoms with E-state index >= 15 is 0 Å². The number of primary amides is 1. The van der Waals surface area contributed by atoms with Crippen molar-refractivity contribution in [3.05, 3.63) is 54.2 Å². The van der Waals surface area contributed by atoms with E-state index in [4.69, 9.17) is 10.5 Å². The summed E-state index contributed by atoms with van der Waals surface area (Å²) in [6.07, 6.45) is 1.73. The van der Waals surface area contributed by atoms with Crippen molar-refractivity contribution in [3.8, 4) is 11.6 Å². The molecule has 0 aliphatic rings. The molecule has 1 heterocycles. The van der Waals surface area contributed by atoms with Crippen LogP contribution in [0.25, 0.3) is 0 Å². The zero-order chi connectivity index (χ0) is 12.1. The van der Waals surface area contributed by atoms with Gasteiger partial charge >= 0.3 is 0 Å². The van der Waals surface area contributed by atoms with Crippen molar-refractivity contribution in [1.82, 2.24) is 4.98 Å². The second kappa shape index (κ2) is 5.12. The van der Waals surface area contributed by atoms with Crippen LogP contribution in [-0.4, -0.2) is 10.9 Å². The lowest BCUT2D eigenvalue weighted by Crippen LogP contribution is -2.14. The summed E-state index contributed by atoms with van der Waals surface area (Å²) in [5.41, 5.74) is 5.85. The minimum Gasteiger partial charge on any atom is -0.439 e. The lowest BCUT2D eigenvalue weighted by Gasteiger charge is -2.08. The molecule has 1 aromatic heterocycles. The number of carbonyl (C=O) groups is 1. The van der Waals surface area contributed by atoms with Crippen LogP contribution in [0.4, 0.5) is 0 Å². The second-order valence-electron chi connectivity index (χ2n) is 3.53. The summed E-state index contributed by atoms with van der Waals surface area (Å²) in [6.45, 7) is 0. The fraction of sp³-hybridized carbons (Fsp3) is 0.0769. The van der Waals surface area contributed by atoms with Crippen LogP contribution >= 0.6 is 0 Å². The predicted molar refractivity (Wildman–Crippen MR) is 63.7 cm³/mol. The van der Waals surface area contributed by atoms with Gasteiger partial charge in [0.1, 0.15) is 5.75 Å². The molecule has 4 heteroatoms. The van der Waals surface area contributed by atoms with Crippen LogP contribution in [0.15, 0.2) is 48.7 Å². The molecule has 0 radical (unpaired) electrons. The first-order chi connectivity index (χ1) is 8.25. The second-order valence-corrected chi connectivity index (χ2v) is 3.53. The Morgan fingerprint density at radius 1 is 1.18 bits per heavy atom. The monoisotopic (exact) mass is 228 g/mol. The van der Waals surface area contributed by atoms with Crippen LogP contribution < -0.4 is 10.5 Å². The number of pyridine rings is 1. The highest BCUT2D eigenvalue weighted by atomic mass is 16.5. The van der Waals surface area contributed by atoms with Crippen LogP contribution in [0.5, 0.6) is 11.6 Å². The van der Waals surface area contributed by atoms with Gasteiger partial charge < -0.3 is 10.5 Å². The highest BCUT2D eigenvalue weighted by Gasteiger charge is 2.08. The van der Waals surface area contributed by atoms with Gasteiger partial charge in [-0.3, -0.25) is 4.79 Å². The standard InChI is InChI=1S/C13H12N2O2/c14-12(16)9-10-5-4-8-15-13(10)17-11-6-2-1-3-7-11/h1-8H,9H2,(H2,14,16). The third-order valence-corrected chi connectivity index (χ3v) is 2.17. The highest BCUT2D eigenvalue weighted by molar-refractivity contribution is 5.77. The van der Waals surface area contributed by atoms with E-state index in [0.717, 1.165) is 0 Å². The Bertz CT molecular complexity index is 512. The van der Waals surface area contributed by atoms with E-state index in [-0.39, 0.29) is 6.42 Å². The number of nitrogens with zero attached hydrogens (tertiary/aromatic N) is 1. The number of hydrogen-bond acceptors (Lipinski definition) is 3. The smallest absolute Gasteiger partial charge is 0.222 e. The number of hydrogen-bond donors (Lipinski definition) is 1. The van der Waals surface area contributed by atoms with Crippen molar-refractivity contribution in [2.24, 2.45) is 5.73 Å². The number of amides is 1. The molecule has 0 unspecified atom stereocenters. The molecule has 2 aromatic rings. The molecule has 0 atom stereocenters. The van der Waals surface area contributed by atoms with Gasteiger partial charge in [-0.2, -0.15) is 0 Å². The van der Waals surface area contributed by atoms with Crippen molar-refractivity contribution in [2.45, 2.75) is 6.42 Å². The first-order valence-corrected chi connectivity index (χ1v) is 5.21. The topological polar surface area (TPSA) is 65.2 Å². The number of nitrogens with two attached hydrogens (primary N) is 1. The van der Waals surface area contributed by atoms with Crippen LogP contribution in [0.3, 0.4) is 0 Å². The summed E-state index contributed by atoms with van der Waals surface area (Å²) in [5.74, 6) is 0.685. The van der Waals surface area contributed by atoms with Gasteiger partial charge in [0.2, 0.25) is 11.8 Å². The molecule has 86 valence electrons. The average Bonchev–Trinajstić information content (AvgIpc) is 2.32. The van der Waals surface area contributed by atoms with Gasteiger partial charge in [-0.1, -0.05) is 24.3 Å². The van der Waals surface area contributed by atoms with E-state index in [1.807, 2.05) is 30.3 Å². The maximum absolute atomic E-state index is 10.9. The average molecular weight is 228 g/mol. The molecule has 2 N–H and O–H groups in total. The lowest BCUT2D eigenvalue weighted by atomic mass is 10.2. The maximum atomic E-state index is 10.9. The molecule has 0 aliphatic carbocycles. The number of carbonyl (C=O) groups excluding carboxylic acids is 1. The summed E-state index contributed by atoms with van der Waals surface area (Å²) in [6, 6.07) is 12.8. The van der Waals surface area contributed by atoms with Gasteiger partial charge in [0.25, 0.3) is 0 Å². The fourth-order valence-corrected chi connectivity index (χ4v) is 1.44. The lowest BCUT2D eigenvalue weighted by molar-refractivity contribution is -0.117. The van der Waals surface area contributed by atoms with Crippen LogP contribution in [0, 0.1) is 0 Å². The molecule has 0 aliphatic heterocycles. The molecule has 17 heavy (non-hydrogen) atoms. The quantitative estimate of drug-likeness (QED) is 0.869. The van der Waals surface area contributed by atoms with Crippen molar-refractivity contribution in [3.63, 3.8) is 0 Å². The molecule has 0 spiro atoms. The number of aromatic nitrogens is 1. The molecule has 0 bridgehead atoms. The van der Waals surface area contributed by atoms with E-state index in [2.05, 4.69) is 4.98 Å². The SMILES string of the molecule is NC(=O)Cc1cccnc1Oc1ccccc1. The van der Waals surface area contributed by atoms with E-state index in [1.165, 1.54) is 0 Å². The summed E-state index contributed by atoms with van der Waals surface area (Å²) in [7, 11) is 0. The number of benzene rings is 1. The van der Waals surface area contributed by atoms with E-state index in [1.54, 1.807) is 18.3 Å². The van der Waals surface area contributed by atoms with E-state index in [9.17, 15) is 4.79 Å². The van der Waals surface area contributed by atoms with Gasteiger partial charge in [0.05, 0.1) is 6.42 Å². The van der Waals surface area contributed by atoms with Crippen molar-refractivity contribution < 1.29 is 9.53 Å². The molecular weight excluding hydrogens is 216 g/mol. The van der Waals surface area contributed by atoms with Crippen LogP contribution in [0.1, 0.15) is 5.56 Å². The summed E-state index contributed by atoms with van der Waals surface area (Å²) < 4.78 is 5.59. The van der Waals surface area contributed by atoms with Crippen molar-refractivity contribution in [2.75, 3.05) is 0 Å². The first-order valence-electron chi connectivity index (χ1n) is 5.21. The van der Waals surface area contributed by atoms with Gasteiger partial charge in [-0.25, -0.2) is 4.98 Å². The molecule has 0 saturated carbocycles. The van der Waals surface area contributed by atoms with Gasteiger partial charge in [0, 0.05) is 11.8 Å². The highest BCUT2D eigenvalue weighted by Crippen LogP contribution is 2.22. The number of para-hydroxylation sites is 1. The molecule has 0 saturated heterocycles. The van der Waals surface area contributed by atoms with Gasteiger partial charge in [-0.05, 0) is 18.2 Å². The van der Waals surface area contributed by atoms with Gasteiger partial charge in [0.15, 0.2) is 0 Å². The molecule has 0 fully saturated rings. The zero-order valence-electron chi connectivity index (χ0n) is 9.17. The third-order valence-electron chi connectivity index (χ3n) is 2.17. The Labute approximate surface area is 99.1 Å². The Kier molecular flexibility index (Phi) is 3.35. The normalized spacial score (nSPS) is 9.88. The zero-order valence-corrected chi connectivity index (χ0v) is 9.17. The molecule has 2 rings (SSSR count). The Morgan fingerprint density at radius 2 is 1.94 bits per heavy atom. The first kappa shape index (κ1) is 11.1.